The Labute approximate surface area is 153 Å². The first kappa shape index (κ1) is 18.8. The smallest absolute Gasteiger partial charge is 0.329 e. The molecule has 1 aromatic rings. The number of aliphatic imine (C=N–C) groups is 1. The Kier molecular flexibility index (Phi) is 5.30. The number of sulfone groups is 1. The van der Waals surface area contributed by atoms with E-state index in [2.05, 4.69) is 4.99 Å². The highest BCUT2D eigenvalue weighted by atomic mass is 32.2. The van der Waals surface area contributed by atoms with Crippen molar-refractivity contribution in [1.82, 2.24) is 0 Å². The number of carboxylic acids is 1. The molecule has 2 heterocycles. The molecule has 8 nitrogen and oxygen atoms in total. The van der Waals surface area contributed by atoms with Gasteiger partial charge in [-0.1, -0.05) is 11.8 Å². The summed E-state index contributed by atoms with van der Waals surface area (Å²) in [7, 11) is -3.20. The fourth-order valence-electron chi connectivity index (χ4n) is 2.83. The molecule has 2 aliphatic heterocycles. The van der Waals surface area contributed by atoms with E-state index < -0.39 is 46.8 Å². The quantitative estimate of drug-likeness (QED) is 0.759. The highest BCUT2D eigenvalue weighted by Gasteiger charge is 2.49. The summed E-state index contributed by atoms with van der Waals surface area (Å²) in [5.41, 5.74) is 0.529. The number of rotatable bonds is 5. The van der Waals surface area contributed by atoms with E-state index in [4.69, 9.17) is 9.84 Å². The van der Waals surface area contributed by atoms with Gasteiger partial charge < -0.3 is 14.7 Å². The van der Waals surface area contributed by atoms with Crippen LogP contribution in [0.2, 0.25) is 0 Å². The maximum Gasteiger partial charge on any atom is 0.329 e. The summed E-state index contributed by atoms with van der Waals surface area (Å²) < 4.78 is 41.8. The third-order valence-corrected chi connectivity index (χ3v) is 7.05. The van der Waals surface area contributed by atoms with Gasteiger partial charge >= 0.3 is 5.97 Å². The van der Waals surface area contributed by atoms with E-state index in [-0.39, 0.29) is 16.8 Å². The van der Waals surface area contributed by atoms with E-state index in [1.807, 2.05) is 0 Å². The van der Waals surface area contributed by atoms with Crippen molar-refractivity contribution in [3.8, 4) is 0 Å². The standard InChI is InChI=1S/C15H15FN2O6S2/c16-9-1-3-10(4-2-9)18-11-7-26(22,23)8-12(11)25-15(18)17-13(19)5-24-6-14(20)21/h1-4,11-12H,5-8H2,(H,20,21)/t11-,12-/m1/s1. The Morgan fingerprint density at radius 3 is 2.62 bits per heavy atom. The van der Waals surface area contributed by atoms with Crippen LogP contribution in [0.15, 0.2) is 29.3 Å². The molecule has 0 radical (unpaired) electrons. The minimum atomic E-state index is -3.20. The lowest BCUT2D eigenvalue weighted by atomic mass is 10.2. The summed E-state index contributed by atoms with van der Waals surface area (Å²) >= 11 is 1.17. The van der Waals surface area contributed by atoms with Crippen molar-refractivity contribution in [3.05, 3.63) is 30.1 Å². The van der Waals surface area contributed by atoms with Gasteiger partial charge in [-0.3, -0.25) is 4.79 Å². The maximum atomic E-state index is 13.2. The molecule has 1 aromatic carbocycles. The molecule has 1 N–H and O–H groups in total. The number of aliphatic carboxylic acids is 1. The molecule has 0 saturated carbocycles. The number of carboxylic acid groups (broad SMARTS) is 1. The van der Waals surface area contributed by atoms with E-state index in [0.717, 1.165) is 0 Å². The Bertz CT molecular complexity index is 855. The van der Waals surface area contributed by atoms with Gasteiger partial charge in [0.25, 0.3) is 5.91 Å². The van der Waals surface area contributed by atoms with Crippen LogP contribution < -0.4 is 4.90 Å². The number of thioether (sulfide) groups is 1. The third kappa shape index (κ3) is 4.22. The highest BCUT2D eigenvalue weighted by molar-refractivity contribution is 8.16. The lowest BCUT2D eigenvalue weighted by Crippen LogP contribution is -2.37. The molecule has 0 aliphatic carbocycles. The maximum absolute atomic E-state index is 13.2. The summed E-state index contributed by atoms with van der Waals surface area (Å²) in [6.45, 7) is -1.11. The van der Waals surface area contributed by atoms with Gasteiger partial charge in [-0.05, 0) is 24.3 Å². The van der Waals surface area contributed by atoms with Crippen LogP contribution in [0.5, 0.6) is 0 Å². The van der Waals surface area contributed by atoms with Crippen molar-refractivity contribution in [2.45, 2.75) is 11.3 Å². The van der Waals surface area contributed by atoms with Gasteiger partial charge in [-0.15, -0.1) is 0 Å². The number of halogens is 1. The van der Waals surface area contributed by atoms with Crippen LogP contribution in [-0.4, -0.2) is 66.6 Å². The van der Waals surface area contributed by atoms with Gasteiger partial charge in [0.15, 0.2) is 15.0 Å². The lowest BCUT2D eigenvalue weighted by molar-refractivity contribution is -0.143. The molecule has 0 unspecified atom stereocenters. The predicted molar refractivity (Wildman–Crippen MR) is 93.6 cm³/mol. The molecule has 11 heteroatoms. The fourth-order valence-corrected chi connectivity index (χ4v) is 6.76. The molecule has 2 saturated heterocycles. The van der Waals surface area contributed by atoms with Crippen LogP contribution in [0.25, 0.3) is 0 Å². The van der Waals surface area contributed by atoms with Crippen molar-refractivity contribution in [3.63, 3.8) is 0 Å². The lowest BCUT2D eigenvalue weighted by Gasteiger charge is -2.24. The molecule has 26 heavy (non-hydrogen) atoms. The molecular weight excluding hydrogens is 387 g/mol. The van der Waals surface area contributed by atoms with Crippen molar-refractivity contribution < 1.29 is 32.2 Å². The number of carbonyl (C=O) groups excluding carboxylic acids is 1. The number of benzene rings is 1. The predicted octanol–water partition coefficient (Wildman–Crippen LogP) is 0.528. The minimum Gasteiger partial charge on any atom is -0.480 e. The van der Waals surface area contributed by atoms with Gasteiger partial charge in [-0.25, -0.2) is 17.6 Å². The van der Waals surface area contributed by atoms with Crippen LogP contribution in [0, 0.1) is 5.82 Å². The number of amidine groups is 1. The molecular formula is C15H15FN2O6S2. The van der Waals surface area contributed by atoms with Crippen molar-refractivity contribution in [1.29, 1.82) is 0 Å². The molecule has 2 aliphatic rings. The van der Waals surface area contributed by atoms with E-state index in [9.17, 15) is 22.4 Å². The zero-order chi connectivity index (χ0) is 18.9. The second-order valence-electron chi connectivity index (χ2n) is 5.82. The fraction of sp³-hybridized carbons (Fsp3) is 0.400. The minimum absolute atomic E-state index is 0.0250. The summed E-state index contributed by atoms with van der Waals surface area (Å²) in [6.07, 6.45) is 0. The number of amides is 1. The molecule has 140 valence electrons. The number of fused-ring (bicyclic) bond motifs is 1. The third-order valence-electron chi connectivity index (χ3n) is 3.84. The molecule has 0 spiro atoms. The SMILES string of the molecule is O=C(O)COCC(=O)N=C1S[C@@H]2CS(=O)(=O)C[C@H]2N1c1ccc(F)cc1. The zero-order valence-electron chi connectivity index (χ0n) is 13.4. The number of nitrogens with zero attached hydrogens (tertiary/aromatic N) is 2. The second-order valence-corrected chi connectivity index (χ2v) is 9.18. The van der Waals surface area contributed by atoms with E-state index in [1.54, 1.807) is 4.90 Å². The van der Waals surface area contributed by atoms with Gasteiger partial charge in [-0.2, -0.15) is 4.99 Å². The van der Waals surface area contributed by atoms with Crippen LogP contribution in [0.4, 0.5) is 10.1 Å². The first-order chi connectivity index (χ1) is 12.2. The normalized spacial score (nSPS) is 25.4. The first-order valence-electron chi connectivity index (χ1n) is 7.58. The summed E-state index contributed by atoms with van der Waals surface area (Å²) in [5, 5.41) is 8.53. The van der Waals surface area contributed by atoms with E-state index in [0.29, 0.717) is 10.9 Å². The number of hydrogen-bond acceptors (Lipinski definition) is 6. The molecule has 1 amide bonds. The molecule has 2 atom stereocenters. The zero-order valence-corrected chi connectivity index (χ0v) is 15.0. The monoisotopic (exact) mass is 402 g/mol. The molecule has 2 fully saturated rings. The Hall–Kier alpha value is -1.98. The van der Waals surface area contributed by atoms with Crippen LogP contribution >= 0.6 is 11.8 Å². The Balaban J connectivity index is 1.84. The summed E-state index contributed by atoms with van der Waals surface area (Å²) in [5.74, 6) is -2.42. The average molecular weight is 402 g/mol. The highest BCUT2D eigenvalue weighted by Crippen LogP contribution is 2.40. The summed E-state index contributed by atoms with van der Waals surface area (Å²) in [6, 6.07) is 5.06. The number of carbonyl (C=O) groups is 2. The van der Waals surface area contributed by atoms with Gasteiger partial charge in [0.1, 0.15) is 19.0 Å². The molecule has 0 bridgehead atoms. The molecule has 3 rings (SSSR count). The summed E-state index contributed by atoms with van der Waals surface area (Å²) in [4.78, 5) is 27.9. The molecule has 0 aromatic heterocycles. The Morgan fingerprint density at radius 1 is 1.27 bits per heavy atom. The van der Waals surface area contributed by atoms with Crippen LogP contribution in [0.1, 0.15) is 0 Å². The largest absolute Gasteiger partial charge is 0.480 e. The van der Waals surface area contributed by atoms with Crippen LogP contribution in [0.3, 0.4) is 0 Å². The van der Waals surface area contributed by atoms with Crippen molar-refractivity contribution in [2.24, 2.45) is 4.99 Å². The topological polar surface area (TPSA) is 113 Å². The van der Waals surface area contributed by atoms with Gasteiger partial charge in [0.05, 0.1) is 17.5 Å². The number of ether oxygens (including phenoxy) is 1. The van der Waals surface area contributed by atoms with Crippen molar-refractivity contribution in [2.75, 3.05) is 29.6 Å². The number of hydrogen-bond donors (Lipinski definition) is 1. The van der Waals surface area contributed by atoms with E-state index >= 15 is 0 Å². The second kappa shape index (κ2) is 7.33. The average Bonchev–Trinajstić information content (AvgIpc) is 2.99. The first-order valence-corrected chi connectivity index (χ1v) is 10.3. The van der Waals surface area contributed by atoms with Gasteiger partial charge in [0.2, 0.25) is 0 Å². The van der Waals surface area contributed by atoms with E-state index in [1.165, 1.54) is 36.0 Å². The van der Waals surface area contributed by atoms with Crippen LogP contribution in [-0.2, 0) is 24.2 Å². The number of anilines is 1. The van der Waals surface area contributed by atoms with Gasteiger partial charge in [0, 0.05) is 10.9 Å². The van der Waals surface area contributed by atoms with Crippen molar-refractivity contribution >= 4 is 44.3 Å². The Morgan fingerprint density at radius 2 is 1.96 bits per heavy atom.